The van der Waals surface area contributed by atoms with Crippen molar-refractivity contribution in [3.8, 4) is 0 Å². The Morgan fingerprint density at radius 3 is 2.71 bits per heavy atom. The smallest absolute Gasteiger partial charge is 0.441 e. The largest absolute Gasteiger partial charge is 0.478 e. The molecule has 0 saturated carbocycles. The normalized spacial score (nSPS) is 12.0. The summed E-state index contributed by atoms with van der Waals surface area (Å²) in [4.78, 5) is 11.3. The van der Waals surface area contributed by atoms with Crippen LogP contribution in [0.4, 0.5) is 13.2 Å². The van der Waals surface area contributed by atoms with Gasteiger partial charge in [0, 0.05) is 17.7 Å². The molecule has 0 radical (unpaired) electrons. The van der Waals surface area contributed by atoms with Crippen molar-refractivity contribution in [3.05, 3.63) is 35.6 Å². The number of furan rings is 1. The van der Waals surface area contributed by atoms with E-state index in [1.807, 2.05) is 0 Å². The number of hydrogen-bond acceptors (Lipinski definition) is 4. The number of hydrogen-bond donors (Lipinski definition) is 2. The molecule has 1 aromatic carbocycles. The summed E-state index contributed by atoms with van der Waals surface area (Å²) in [6.45, 7) is 0.162. The minimum absolute atomic E-state index is 0.0431. The lowest BCUT2D eigenvalue weighted by Gasteiger charge is -2.06. The zero-order valence-electron chi connectivity index (χ0n) is 10.7. The number of nitrogens with one attached hydrogen (secondary N) is 1. The highest BCUT2D eigenvalue weighted by atomic mass is 32.2. The molecule has 0 aliphatic rings. The number of halogens is 3. The molecular weight excluding hydrogens is 307 g/mol. The number of benzene rings is 1. The Labute approximate surface area is 122 Å². The maximum absolute atomic E-state index is 12.0. The Balaban J connectivity index is 2.02. The van der Waals surface area contributed by atoms with Crippen LogP contribution in [-0.4, -0.2) is 28.9 Å². The maximum Gasteiger partial charge on any atom is 0.441 e. The molecule has 2 aromatic rings. The van der Waals surface area contributed by atoms with Crippen molar-refractivity contribution in [2.45, 2.75) is 12.1 Å². The Morgan fingerprint density at radius 2 is 2.05 bits per heavy atom. The Hall–Kier alpha value is -1.67. The standard InChI is InChI=1S/C13H12F3NO3S/c14-13(15,16)21-6-5-17-7-10-11(12(18)19)8-3-1-2-4-9(8)20-10/h1-4,17H,5-7H2,(H,18,19). The van der Waals surface area contributed by atoms with Crippen molar-refractivity contribution in [3.63, 3.8) is 0 Å². The number of carboxylic acids is 1. The molecule has 0 saturated heterocycles. The van der Waals surface area contributed by atoms with E-state index in [0.29, 0.717) is 11.0 Å². The van der Waals surface area contributed by atoms with Crippen LogP contribution >= 0.6 is 11.8 Å². The predicted octanol–water partition coefficient (Wildman–Crippen LogP) is 3.47. The van der Waals surface area contributed by atoms with Gasteiger partial charge in [-0.2, -0.15) is 13.2 Å². The predicted molar refractivity (Wildman–Crippen MR) is 73.4 cm³/mol. The lowest BCUT2D eigenvalue weighted by Crippen LogP contribution is -2.19. The second-order valence-electron chi connectivity index (χ2n) is 4.17. The van der Waals surface area contributed by atoms with Gasteiger partial charge in [-0.05, 0) is 17.8 Å². The van der Waals surface area contributed by atoms with Crippen LogP contribution in [-0.2, 0) is 6.54 Å². The second kappa shape index (κ2) is 6.40. The highest BCUT2D eigenvalue weighted by Crippen LogP contribution is 2.29. The number of aromatic carboxylic acids is 1. The lowest BCUT2D eigenvalue weighted by atomic mass is 10.1. The van der Waals surface area contributed by atoms with Gasteiger partial charge in [-0.25, -0.2) is 4.79 Å². The van der Waals surface area contributed by atoms with Gasteiger partial charge >= 0.3 is 11.5 Å². The molecule has 4 nitrogen and oxygen atoms in total. The highest BCUT2D eigenvalue weighted by Gasteiger charge is 2.27. The molecule has 114 valence electrons. The van der Waals surface area contributed by atoms with Crippen LogP contribution in [0.3, 0.4) is 0 Å². The summed E-state index contributed by atoms with van der Waals surface area (Å²) in [5.74, 6) is -1.06. The summed E-state index contributed by atoms with van der Waals surface area (Å²) in [5, 5.41) is 12.5. The number of alkyl halides is 3. The van der Waals surface area contributed by atoms with Gasteiger partial charge in [-0.1, -0.05) is 18.2 Å². The summed E-state index contributed by atoms with van der Waals surface area (Å²) in [5.41, 5.74) is -3.77. The third-order valence-electron chi connectivity index (χ3n) is 2.71. The first-order valence-corrected chi connectivity index (χ1v) is 7.02. The van der Waals surface area contributed by atoms with E-state index in [0.717, 1.165) is 0 Å². The molecule has 0 fully saturated rings. The van der Waals surface area contributed by atoms with Gasteiger partial charge in [0.1, 0.15) is 16.9 Å². The summed E-state index contributed by atoms with van der Waals surface area (Å²) in [6.07, 6.45) is 0. The summed E-state index contributed by atoms with van der Waals surface area (Å²) in [6, 6.07) is 6.69. The number of rotatable bonds is 6. The Morgan fingerprint density at radius 1 is 1.33 bits per heavy atom. The minimum Gasteiger partial charge on any atom is -0.478 e. The third-order valence-corrected chi connectivity index (χ3v) is 3.45. The minimum atomic E-state index is -4.26. The zero-order chi connectivity index (χ0) is 15.5. The summed E-state index contributed by atoms with van der Waals surface area (Å²) in [7, 11) is 0. The number of thioether (sulfide) groups is 1. The maximum atomic E-state index is 12.0. The SMILES string of the molecule is O=C(O)c1c(CNCCSC(F)(F)F)oc2ccccc12. The van der Waals surface area contributed by atoms with Crippen LogP contribution in [0.25, 0.3) is 11.0 Å². The number of para-hydroxylation sites is 1. The van der Waals surface area contributed by atoms with Gasteiger partial charge in [-0.15, -0.1) is 0 Å². The number of carboxylic acid groups (broad SMARTS) is 1. The molecule has 0 amide bonds. The first-order valence-electron chi connectivity index (χ1n) is 6.03. The van der Waals surface area contributed by atoms with E-state index in [1.165, 1.54) is 0 Å². The van der Waals surface area contributed by atoms with Gasteiger partial charge in [-0.3, -0.25) is 0 Å². The molecule has 8 heteroatoms. The molecule has 0 bridgehead atoms. The number of fused-ring (bicyclic) bond motifs is 1. The third kappa shape index (κ3) is 4.15. The van der Waals surface area contributed by atoms with Crippen molar-refractivity contribution in [2.75, 3.05) is 12.3 Å². The van der Waals surface area contributed by atoms with E-state index < -0.39 is 11.5 Å². The Kier molecular flexibility index (Phi) is 4.79. The van der Waals surface area contributed by atoms with Gasteiger partial charge in [0.15, 0.2) is 0 Å². The molecule has 0 aliphatic carbocycles. The first-order chi connectivity index (χ1) is 9.88. The van der Waals surface area contributed by atoms with E-state index in [-0.39, 0.29) is 41.9 Å². The van der Waals surface area contributed by atoms with Crippen molar-refractivity contribution in [1.29, 1.82) is 0 Å². The van der Waals surface area contributed by atoms with Crippen molar-refractivity contribution >= 4 is 28.7 Å². The molecule has 1 aromatic heterocycles. The van der Waals surface area contributed by atoms with E-state index in [2.05, 4.69) is 5.32 Å². The molecule has 0 atom stereocenters. The van der Waals surface area contributed by atoms with E-state index in [9.17, 15) is 23.1 Å². The molecule has 0 spiro atoms. The van der Waals surface area contributed by atoms with Crippen molar-refractivity contribution in [2.24, 2.45) is 0 Å². The quantitative estimate of drug-likeness (QED) is 0.798. The molecule has 2 rings (SSSR count). The van der Waals surface area contributed by atoms with Gasteiger partial charge in [0.2, 0.25) is 0 Å². The van der Waals surface area contributed by atoms with Gasteiger partial charge < -0.3 is 14.8 Å². The average Bonchev–Trinajstić information content (AvgIpc) is 2.75. The van der Waals surface area contributed by atoms with E-state index in [4.69, 9.17) is 4.42 Å². The van der Waals surface area contributed by atoms with Gasteiger partial charge in [0.05, 0.1) is 6.54 Å². The topological polar surface area (TPSA) is 62.5 Å². The summed E-state index contributed by atoms with van der Waals surface area (Å²) >= 11 is -0.125. The second-order valence-corrected chi connectivity index (χ2v) is 5.33. The van der Waals surface area contributed by atoms with Crippen molar-refractivity contribution < 1.29 is 27.5 Å². The lowest BCUT2D eigenvalue weighted by molar-refractivity contribution is -0.0327. The summed E-state index contributed by atoms with van der Waals surface area (Å²) < 4.78 is 41.3. The fourth-order valence-electron chi connectivity index (χ4n) is 1.90. The first kappa shape index (κ1) is 15.7. The fraction of sp³-hybridized carbons (Fsp3) is 0.308. The molecule has 21 heavy (non-hydrogen) atoms. The van der Waals surface area contributed by atoms with Crippen LogP contribution < -0.4 is 5.32 Å². The van der Waals surface area contributed by atoms with Crippen molar-refractivity contribution in [1.82, 2.24) is 5.32 Å². The van der Waals surface area contributed by atoms with Gasteiger partial charge in [0.25, 0.3) is 0 Å². The van der Waals surface area contributed by atoms with E-state index >= 15 is 0 Å². The molecule has 2 N–H and O–H groups in total. The van der Waals surface area contributed by atoms with Crippen LogP contribution in [0.1, 0.15) is 16.1 Å². The monoisotopic (exact) mass is 319 g/mol. The van der Waals surface area contributed by atoms with Crippen LogP contribution in [0.5, 0.6) is 0 Å². The molecule has 0 unspecified atom stereocenters. The highest BCUT2D eigenvalue weighted by molar-refractivity contribution is 8.00. The zero-order valence-corrected chi connectivity index (χ0v) is 11.6. The molecule has 1 heterocycles. The molecular formula is C13H12F3NO3S. The Bertz CT molecular complexity index is 639. The van der Waals surface area contributed by atoms with Crippen LogP contribution in [0.2, 0.25) is 0 Å². The van der Waals surface area contributed by atoms with E-state index in [1.54, 1.807) is 24.3 Å². The van der Waals surface area contributed by atoms with Crippen LogP contribution in [0, 0.1) is 0 Å². The molecule has 0 aliphatic heterocycles. The van der Waals surface area contributed by atoms with Crippen LogP contribution in [0.15, 0.2) is 28.7 Å². The fourth-order valence-corrected chi connectivity index (χ4v) is 2.37. The average molecular weight is 319 g/mol. The number of carbonyl (C=O) groups is 1.